The van der Waals surface area contributed by atoms with Gasteiger partial charge in [0, 0.05) is 7.11 Å². The lowest BCUT2D eigenvalue weighted by molar-refractivity contribution is 0.166. The average molecular weight is 237 g/mol. The van der Waals surface area contributed by atoms with Crippen molar-refractivity contribution in [1.82, 2.24) is 0 Å². The summed E-state index contributed by atoms with van der Waals surface area (Å²) in [4.78, 5) is 0. The molecule has 0 bridgehead atoms. The second-order valence-corrected chi connectivity index (χ2v) is 3.53. The molecule has 86 valence electrons. The third-order valence-electron chi connectivity index (χ3n) is 2.55. The first-order valence-electron chi connectivity index (χ1n) is 5.04. The van der Waals surface area contributed by atoms with E-state index in [1.807, 2.05) is 18.2 Å². The van der Waals surface area contributed by atoms with Crippen molar-refractivity contribution in [3.8, 4) is 18.2 Å². The van der Waals surface area contributed by atoms with Gasteiger partial charge in [0.1, 0.15) is 41.7 Å². The van der Waals surface area contributed by atoms with Crippen molar-refractivity contribution < 1.29 is 9.15 Å². The Morgan fingerprint density at radius 1 is 1.11 bits per heavy atom. The Morgan fingerprint density at radius 2 is 1.83 bits per heavy atom. The van der Waals surface area contributed by atoms with Crippen LogP contribution in [-0.2, 0) is 11.3 Å². The Labute approximate surface area is 103 Å². The SMILES string of the molecule is COCc1oc2ccc(C#N)c(C#N)c2c1C#N. The minimum absolute atomic E-state index is 0.143. The van der Waals surface area contributed by atoms with Gasteiger partial charge in [-0.2, -0.15) is 15.8 Å². The molecule has 0 fully saturated rings. The Hall–Kier alpha value is -2.81. The average Bonchev–Trinajstić information content (AvgIpc) is 2.75. The summed E-state index contributed by atoms with van der Waals surface area (Å²) in [6.45, 7) is 0.143. The molecule has 0 saturated carbocycles. The number of hydrogen-bond donors (Lipinski definition) is 0. The summed E-state index contributed by atoms with van der Waals surface area (Å²) in [5.41, 5.74) is 1.05. The summed E-state index contributed by atoms with van der Waals surface area (Å²) in [6.07, 6.45) is 0. The summed E-state index contributed by atoms with van der Waals surface area (Å²) < 4.78 is 10.4. The zero-order valence-corrected chi connectivity index (χ0v) is 9.52. The van der Waals surface area contributed by atoms with Crippen molar-refractivity contribution in [2.24, 2.45) is 0 Å². The number of nitriles is 3. The first kappa shape index (κ1) is 11.7. The second-order valence-electron chi connectivity index (χ2n) is 3.53. The van der Waals surface area contributed by atoms with Gasteiger partial charge in [0.15, 0.2) is 0 Å². The van der Waals surface area contributed by atoms with E-state index in [0.29, 0.717) is 16.7 Å². The standard InChI is InChI=1S/C13H7N3O2/c1-17-7-12-10(6-16)13-9(5-15)8(4-14)2-3-11(13)18-12/h2-3H,7H2,1H3. The molecule has 18 heavy (non-hydrogen) atoms. The summed E-state index contributed by atoms with van der Waals surface area (Å²) in [6, 6.07) is 8.95. The van der Waals surface area contributed by atoms with E-state index in [0.717, 1.165) is 0 Å². The normalized spacial score (nSPS) is 9.67. The molecular weight excluding hydrogens is 230 g/mol. The Bertz CT molecular complexity index is 739. The van der Waals surface area contributed by atoms with E-state index in [1.165, 1.54) is 13.2 Å². The number of rotatable bonds is 2. The molecule has 0 aliphatic rings. The van der Waals surface area contributed by atoms with Crippen LogP contribution in [0.15, 0.2) is 16.5 Å². The summed E-state index contributed by atoms with van der Waals surface area (Å²) in [7, 11) is 1.49. The van der Waals surface area contributed by atoms with Crippen LogP contribution in [0.5, 0.6) is 0 Å². The number of methoxy groups -OCH3 is 1. The maximum absolute atomic E-state index is 9.16. The molecule has 5 nitrogen and oxygen atoms in total. The molecule has 0 spiro atoms. The molecule has 0 saturated heterocycles. The van der Waals surface area contributed by atoms with Gasteiger partial charge < -0.3 is 9.15 Å². The van der Waals surface area contributed by atoms with Crippen LogP contribution < -0.4 is 0 Å². The molecule has 0 N–H and O–H groups in total. The maximum Gasteiger partial charge on any atom is 0.148 e. The van der Waals surface area contributed by atoms with Crippen LogP contribution in [0.2, 0.25) is 0 Å². The lowest BCUT2D eigenvalue weighted by Gasteiger charge is -1.95. The second kappa shape index (κ2) is 4.59. The monoisotopic (exact) mass is 237 g/mol. The fraction of sp³-hybridized carbons (Fsp3) is 0.154. The molecule has 0 radical (unpaired) electrons. The van der Waals surface area contributed by atoms with Gasteiger partial charge in [-0.25, -0.2) is 0 Å². The number of nitrogens with zero attached hydrogens (tertiary/aromatic N) is 3. The van der Waals surface area contributed by atoms with Crippen LogP contribution in [-0.4, -0.2) is 7.11 Å². The third kappa shape index (κ3) is 1.58. The molecule has 1 heterocycles. The van der Waals surface area contributed by atoms with Gasteiger partial charge in [-0.05, 0) is 12.1 Å². The van der Waals surface area contributed by atoms with E-state index < -0.39 is 0 Å². The van der Waals surface area contributed by atoms with E-state index in [-0.39, 0.29) is 23.3 Å². The highest BCUT2D eigenvalue weighted by molar-refractivity contribution is 5.92. The Morgan fingerprint density at radius 3 is 2.39 bits per heavy atom. The number of hydrogen-bond acceptors (Lipinski definition) is 5. The predicted octanol–water partition coefficient (Wildman–Crippen LogP) is 2.19. The van der Waals surface area contributed by atoms with E-state index in [9.17, 15) is 0 Å². The van der Waals surface area contributed by atoms with Gasteiger partial charge in [-0.1, -0.05) is 0 Å². The fourth-order valence-corrected chi connectivity index (χ4v) is 1.80. The maximum atomic E-state index is 9.16. The van der Waals surface area contributed by atoms with Crippen LogP contribution in [0.3, 0.4) is 0 Å². The van der Waals surface area contributed by atoms with Gasteiger partial charge in [-0.15, -0.1) is 0 Å². The molecule has 0 unspecified atom stereocenters. The molecule has 1 aromatic heterocycles. The first-order valence-corrected chi connectivity index (χ1v) is 5.04. The van der Waals surface area contributed by atoms with Crippen LogP contribution >= 0.6 is 0 Å². The van der Waals surface area contributed by atoms with Crippen LogP contribution in [0.1, 0.15) is 22.5 Å². The van der Waals surface area contributed by atoms with Gasteiger partial charge in [0.2, 0.25) is 0 Å². The molecular formula is C13H7N3O2. The minimum atomic E-state index is 0.143. The van der Waals surface area contributed by atoms with Crippen molar-refractivity contribution in [3.05, 3.63) is 34.6 Å². The highest BCUT2D eigenvalue weighted by Crippen LogP contribution is 2.30. The third-order valence-corrected chi connectivity index (χ3v) is 2.55. The van der Waals surface area contributed by atoms with Gasteiger partial charge >= 0.3 is 0 Å². The van der Waals surface area contributed by atoms with E-state index in [1.54, 1.807) is 6.07 Å². The van der Waals surface area contributed by atoms with Crippen molar-refractivity contribution in [3.63, 3.8) is 0 Å². The van der Waals surface area contributed by atoms with Crippen LogP contribution in [0.25, 0.3) is 11.0 Å². The molecule has 0 amide bonds. The van der Waals surface area contributed by atoms with Crippen molar-refractivity contribution in [2.75, 3.05) is 7.11 Å². The van der Waals surface area contributed by atoms with Crippen molar-refractivity contribution >= 4 is 11.0 Å². The molecule has 2 rings (SSSR count). The van der Waals surface area contributed by atoms with E-state index in [2.05, 4.69) is 0 Å². The van der Waals surface area contributed by atoms with E-state index >= 15 is 0 Å². The molecule has 0 aliphatic heterocycles. The number of fused-ring (bicyclic) bond motifs is 1. The predicted molar refractivity (Wildman–Crippen MR) is 61.1 cm³/mol. The van der Waals surface area contributed by atoms with Crippen molar-refractivity contribution in [2.45, 2.75) is 6.61 Å². The van der Waals surface area contributed by atoms with E-state index in [4.69, 9.17) is 24.9 Å². The zero-order valence-electron chi connectivity index (χ0n) is 9.52. The first-order chi connectivity index (χ1) is 8.76. The number of benzene rings is 1. The Balaban J connectivity index is 2.90. The molecule has 1 aromatic carbocycles. The lowest BCUT2D eigenvalue weighted by atomic mass is 10.0. The van der Waals surface area contributed by atoms with Gasteiger partial charge in [0.25, 0.3) is 0 Å². The molecule has 0 atom stereocenters. The zero-order chi connectivity index (χ0) is 13.1. The van der Waals surface area contributed by atoms with Crippen molar-refractivity contribution in [1.29, 1.82) is 15.8 Å². The number of furan rings is 1. The molecule has 0 aliphatic carbocycles. The number of ether oxygens (including phenoxy) is 1. The lowest BCUT2D eigenvalue weighted by Crippen LogP contribution is -1.89. The minimum Gasteiger partial charge on any atom is -0.457 e. The topological polar surface area (TPSA) is 93.7 Å². The summed E-state index contributed by atoms with van der Waals surface area (Å²) >= 11 is 0. The quantitative estimate of drug-likeness (QED) is 0.797. The van der Waals surface area contributed by atoms with Crippen LogP contribution in [0.4, 0.5) is 0 Å². The summed E-state index contributed by atoms with van der Waals surface area (Å²) in [5, 5.41) is 27.6. The fourth-order valence-electron chi connectivity index (χ4n) is 1.80. The molecule has 5 heteroatoms. The van der Waals surface area contributed by atoms with Crippen LogP contribution in [0, 0.1) is 34.0 Å². The van der Waals surface area contributed by atoms with Gasteiger partial charge in [-0.3, -0.25) is 0 Å². The highest BCUT2D eigenvalue weighted by Gasteiger charge is 2.19. The Kier molecular flexibility index (Phi) is 2.98. The smallest absolute Gasteiger partial charge is 0.148 e. The highest BCUT2D eigenvalue weighted by atomic mass is 16.5. The van der Waals surface area contributed by atoms with Gasteiger partial charge in [0.05, 0.1) is 16.5 Å². The summed E-state index contributed by atoms with van der Waals surface area (Å²) in [5.74, 6) is 0.363. The largest absolute Gasteiger partial charge is 0.457 e. The molecule has 2 aromatic rings.